The van der Waals surface area contributed by atoms with Crippen LogP contribution in [-0.4, -0.2) is 124 Å². The molecule has 1 aliphatic heterocycles. The number of benzene rings is 2. The van der Waals surface area contributed by atoms with Gasteiger partial charge in [-0.3, -0.25) is 4.68 Å². The van der Waals surface area contributed by atoms with Crippen LogP contribution in [0.4, 0.5) is 0 Å². The molecule has 12 heteroatoms. The van der Waals surface area contributed by atoms with Crippen LogP contribution in [0.3, 0.4) is 0 Å². The lowest BCUT2D eigenvalue weighted by atomic mass is 9.99. The number of rotatable bonds is 17. The van der Waals surface area contributed by atoms with E-state index in [2.05, 4.69) is 41.5 Å². The highest BCUT2D eigenvalue weighted by atomic mass is 16.7. The quantitative estimate of drug-likeness (QED) is 0.118. The molecule has 0 amide bonds. The summed E-state index contributed by atoms with van der Waals surface area (Å²) in [6, 6.07) is 13.8. The first kappa shape index (κ1) is 33.1. The van der Waals surface area contributed by atoms with E-state index < -0.39 is 37.3 Å². The van der Waals surface area contributed by atoms with E-state index in [4.69, 9.17) is 14.2 Å². The topological polar surface area (TPSA) is 162 Å². The van der Waals surface area contributed by atoms with E-state index in [1.54, 1.807) is 4.68 Å². The molecule has 1 aromatic heterocycles. The van der Waals surface area contributed by atoms with E-state index in [9.17, 15) is 25.5 Å². The number of hydrogen-bond donors (Lipinski definition) is 6. The normalized spacial score (nSPS) is 22.4. The van der Waals surface area contributed by atoms with Gasteiger partial charge in [0.2, 0.25) is 12.2 Å². The van der Waals surface area contributed by atoms with Crippen molar-refractivity contribution in [3.8, 4) is 11.6 Å². The minimum Gasteiger partial charge on any atom is -0.494 e. The molecule has 2 heterocycles. The fraction of sp³-hybridized carbons (Fsp3) is 0.581. The molecule has 2 aromatic carbocycles. The van der Waals surface area contributed by atoms with Crippen molar-refractivity contribution in [1.82, 2.24) is 20.0 Å². The standard InChI is InChI=1S/C31H46N4O8/c1-34(2)16-4-14-32-15-5-19-41-23-12-9-21(10-13-23)8-11-22-6-3-7-24-26(22)30(33-35(24)17-18-36)43-31-29(40)28(39)27(38)25(20-37)42-31/h3,6-7,9-10,12-13,25,27-29,31-32,36-40H,4-5,8,11,14-20H2,1-2H3/t25-,27-,28+,29-,31+/m1/s1. The van der Waals surface area contributed by atoms with Crippen LogP contribution < -0.4 is 14.8 Å². The number of fused-ring (bicyclic) bond motifs is 1. The van der Waals surface area contributed by atoms with Gasteiger partial charge in [-0.05, 0) is 88.7 Å². The first-order valence-corrected chi connectivity index (χ1v) is 15.0. The predicted octanol–water partition coefficient (Wildman–Crippen LogP) is 0.303. The van der Waals surface area contributed by atoms with Gasteiger partial charge in [0.1, 0.15) is 30.2 Å². The Labute approximate surface area is 252 Å². The first-order chi connectivity index (χ1) is 20.8. The zero-order valence-electron chi connectivity index (χ0n) is 25.0. The van der Waals surface area contributed by atoms with Gasteiger partial charge in [-0.15, -0.1) is 5.10 Å². The largest absolute Gasteiger partial charge is 0.494 e. The van der Waals surface area contributed by atoms with Gasteiger partial charge in [0.25, 0.3) is 0 Å². The zero-order valence-corrected chi connectivity index (χ0v) is 25.0. The summed E-state index contributed by atoms with van der Waals surface area (Å²) in [5, 5.41) is 58.6. The molecule has 0 unspecified atom stereocenters. The second-order valence-electron chi connectivity index (χ2n) is 11.1. The van der Waals surface area contributed by atoms with Crippen LogP contribution in [-0.2, 0) is 24.1 Å². The Morgan fingerprint density at radius 3 is 2.44 bits per heavy atom. The molecule has 0 spiro atoms. The second kappa shape index (κ2) is 16.3. The van der Waals surface area contributed by atoms with Crippen molar-refractivity contribution in [2.24, 2.45) is 0 Å². The molecule has 43 heavy (non-hydrogen) atoms. The summed E-state index contributed by atoms with van der Waals surface area (Å²) in [5.74, 6) is 0.998. The van der Waals surface area contributed by atoms with Crippen molar-refractivity contribution in [3.05, 3.63) is 53.6 Å². The summed E-state index contributed by atoms with van der Waals surface area (Å²) in [6.45, 7) is 3.19. The van der Waals surface area contributed by atoms with Crippen LogP contribution in [0.1, 0.15) is 24.0 Å². The van der Waals surface area contributed by atoms with Gasteiger partial charge in [0, 0.05) is 0 Å². The monoisotopic (exact) mass is 602 g/mol. The lowest BCUT2D eigenvalue weighted by Gasteiger charge is -2.39. The summed E-state index contributed by atoms with van der Waals surface area (Å²) in [5.41, 5.74) is 2.81. The Morgan fingerprint density at radius 2 is 1.72 bits per heavy atom. The number of aliphatic hydroxyl groups excluding tert-OH is 5. The predicted molar refractivity (Wildman–Crippen MR) is 161 cm³/mol. The number of hydrogen-bond acceptors (Lipinski definition) is 11. The summed E-state index contributed by atoms with van der Waals surface area (Å²) in [4.78, 5) is 2.18. The second-order valence-corrected chi connectivity index (χ2v) is 11.1. The molecule has 3 aromatic rings. The summed E-state index contributed by atoms with van der Waals surface area (Å²) in [7, 11) is 4.16. The smallest absolute Gasteiger partial charge is 0.243 e. The third-order valence-electron chi connectivity index (χ3n) is 7.55. The van der Waals surface area contributed by atoms with Crippen LogP contribution in [0.5, 0.6) is 11.6 Å². The molecule has 6 N–H and O–H groups in total. The molecule has 0 radical (unpaired) electrons. The maximum Gasteiger partial charge on any atom is 0.243 e. The van der Waals surface area contributed by atoms with Crippen LogP contribution in [0, 0.1) is 0 Å². The summed E-state index contributed by atoms with van der Waals surface area (Å²) < 4.78 is 19.0. The molecular weight excluding hydrogens is 556 g/mol. The van der Waals surface area contributed by atoms with Crippen molar-refractivity contribution in [2.75, 3.05) is 53.6 Å². The van der Waals surface area contributed by atoms with E-state index in [-0.39, 0.29) is 19.0 Å². The Morgan fingerprint density at radius 1 is 0.953 bits per heavy atom. The number of nitrogens with zero attached hydrogens (tertiary/aromatic N) is 3. The van der Waals surface area contributed by atoms with Gasteiger partial charge >= 0.3 is 0 Å². The van der Waals surface area contributed by atoms with Gasteiger partial charge in [0.15, 0.2) is 0 Å². The van der Waals surface area contributed by atoms with E-state index in [1.165, 1.54) is 0 Å². The van der Waals surface area contributed by atoms with Crippen LogP contribution in [0.2, 0.25) is 0 Å². The number of aryl methyl sites for hydroxylation is 2. The Balaban J connectivity index is 1.38. The zero-order chi connectivity index (χ0) is 30.8. The molecule has 1 aliphatic rings. The molecule has 5 atom stereocenters. The Kier molecular flexibility index (Phi) is 12.6. The molecular formula is C31H46N4O8. The van der Waals surface area contributed by atoms with Crippen molar-refractivity contribution in [3.63, 3.8) is 0 Å². The summed E-state index contributed by atoms with van der Waals surface area (Å²) in [6.07, 6.45) is -3.63. The third kappa shape index (κ3) is 8.87. The number of aliphatic hydroxyl groups is 5. The average molecular weight is 603 g/mol. The van der Waals surface area contributed by atoms with Crippen LogP contribution >= 0.6 is 0 Å². The molecule has 238 valence electrons. The van der Waals surface area contributed by atoms with Crippen molar-refractivity contribution < 1.29 is 39.7 Å². The number of aromatic nitrogens is 2. The Hall–Kier alpha value is -2.81. The minimum atomic E-state index is -1.57. The third-order valence-corrected chi connectivity index (χ3v) is 7.55. The van der Waals surface area contributed by atoms with E-state index in [0.717, 1.165) is 61.3 Å². The molecule has 12 nitrogen and oxygen atoms in total. The molecule has 4 rings (SSSR count). The van der Waals surface area contributed by atoms with Crippen molar-refractivity contribution in [1.29, 1.82) is 0 Å². The van der Waals surface area contributed by atoms with Crippen LogP contribution in [0.15, 0.2) is 42.5 Å². The van der Waals surface area contributed by atoms with E-state index in [0.29, 0.717) is 18.4 Å². The molecule has 0 aliphatic carbocycles. The molecule has 0 saturated carbocycles. The molecule has 1 saturated heterocycles. The van der Waals surface area contributed by atoms with E-state index in [1.807, 2.05) is 30.3 Å². The number of ether oxygens (including phenoxy) is 3. The fourth-order valence-corrected chi connectivity index (χ4v) is 5.16. The maximum atomic E-state index is 10.5. The Bertz CT molecular complexity index is 1250. The lowest BCUT2D eigenvalue weighted by Crippen LogP contribution is -2.60. The van der Waals surface area contributed by atoms with Gasteiger partial charge in [0.05, 0.1) is 37.3 Å². The fourth-order valence-electron chi connectivity index (χ4n) is 5.16. The lowest BCUT2D eigenvalue weighted by molar-refractivity contribution is -0.278. The van der Waals surface area contributed by atoms with Gasteiger partial charge in [-0.2, -0.15) is 0 Å². The highest BCUT2D eigenvalue weighted by Crippen LogP contribution is 2.32. The highest BCUT2D eigenvalue weighted by molar-refractivity contribution is 5.88. The highest BCUT2D eigenvalue weighted by Gasteiger charge is 2.45. The molecule has 0 bridgehead atoms. The SMILES string of the molecule is CN(C)CCCNCCCOc1ccc(CCc2cccc3c2c(O[C@@H]2O[C@H](CO)[C@@H](O)[C@H](O)[C@H]2O)nn3CCO)cc1. The molecule has 1 fully saturated rings. The number of nitrogens with one attached hydrogen (secondary N) is 1. The maximum absolute atomic E-state index is 10.5. The average Bonchev–Trinajstić information content (AvgIpc) is 3.35. The van der Waals surface area contributed by atoms with Gasteiger partial charge in [-0.1, -0.05) is 24.3 Å². The minimum absolute atomic E-state index is 0.137. The van der Waals surface area contributed by atoms with E-state index >= 15 is 0 Å². The van der Waals surface area contributed by atoms with Gasteiger partial charge in [-0.25, -0.2) is 0 Å². The van der Waals surface area contributed by atoms with Crippen molar-refractivity contribution in [2.45, 2.75) is 62.9 Å². The first-order valence-electron chi connectivity index (χ1n) is 15.0. The summed E-state index contributed by atoms with van der Waals surface area (Å²) >= 11 is 0. The van der Waals surface area contributed by atoms with Gasteiger partial charge < -0.3 is 50.0 Å². The van der Waals surface area contributed by atoms with Crippen LogP contribution in [0.25, 0.3) is 10.9 Å². The van der Waals surface area contributed by atoms with Crippen molar-refractivity contribution >= 4 is 10.9 Å².